The molecule has 1 aromatic carbocycles. The Balaban J connectivity index is 1.71. The van der Waals surface area contributed by atoms with Crippen LogP contribution >= 0.6 is 11.3 Å². The number of fused-ring (bicyclic) bond motifs is 1. The Labute approximate surface area is 128 Å². The van der Waals surface area contributed by atoms with Crippen molar-refractivity contribution < 1.29 is 4.79 Å². The zero-order valence-corrected chi connectivity index (χ0v) is 13.0. The summed E-state index contributed by atoms with van der Waals surface area (Å²) in [5, 5.41) is 7.45. The van der Waals surface area contributed by atoms with Crippen molar-refractivity contribution in [2.45, 2.75) is 38.8 Å². The number of aromatic nitrogens is 1. The first-order valence-corrected chi connectivity index (χ1v) is 8.02. The average Bonchev–Trinajstić information content (AvgIpc) is 2.84. The standard InChI is InChI=1S/C16H19N3OS/c1-10-9-17-16(21-10)11(2)18-14-8-7-12-5-3-4-6-13(12)19-15(14)20/h3-6,9,11,14,18H,7-8H2,1-2H3,(H,19,20). The molecular weight excluding hydrogens is 282 g/mol. The van der Waals surface area contributed by atoms with Gasteiger partial charge in [0.2, 0.25) is 5.91 Å². The summed E-state index contributed by atoms with van der Waals surface area (Å²) in [4.78, 5) is 17.9. The van der Waals surface area contributed by atoms with Crippen molar-refractivity contribution in [1.82, 2.24) is 10.3 Å². The largest absolute Gasteiger partial charge is 0.324 e. The van der Waals surface area contributed by atoms with Crippen molar-refractivity contribution in [3.63, 3.8) is 0 Å². The first kappa shape index (κ1) is 14.2. The van der Waals surface area contributed by atoms with E-state index in [0.29, 0.717) is 0 Å². The van der Waals surface area contributed by atoms with Crippen LogP contribution in [0, 0.1) is 6.92 Å². The molecule has 2 heterocycles. The molecule has 0 fully saturated rings. The fourth-order valence-electron chi connectivity index (χ4n) is 2.62. The molecule has 2 N–H and O–H groups in total. The topological polar surface area (TPSA) is 54.0 Å². The molecule has 0 aliphatic carbocycles. The molecule has 1 amide bonds. The van der Waals surface area contributed by atoms with E-state index in [2.05, 4.69) is 28.6 Å². The van der Waals surface area contributed by atoms with Crippen molar-refractivity contribution in [3.8, 4) is 0 Å². The molecule has 1 aliphatic heterocycles. The Morgan fingerprint density at radius 2 is 2.24 bits per heavy atom. The molecule has 110 valence electrons. The molecule has 0 radical (unpaired) electrons. The molecule has 2 unspecified atom stereocenters. The molecule has 21 heavy (non-hydrogen) atoms. The van der Waals surface area contributed by atoms with Gasteiger partial charge < -0.3 is 5.32 Å². The van der Waals surface area contributed by atoms with Gasteiger partial charge in [-0.05, 0) is 38.3 Å². The molecule has 2 atom stereocenters. The summed E-state index contributed by atoms with van der Waals surface area (Å²) in [6.07, 6.45) is 3.58. The van der Waals surface area contributed by atoms with Crippen molar-refractivity contribution in [2.24, 2.45) is 0 Å². The smallest absolute Gasteiger partial charge is 0.241 e. The normalized spacial score (nSPS) is 19.5. The predicted molar refractivity (Wildman–Crippen MR) is 85.6 cm³/mol. The van der Waals surface area contributed by atoms with Gasteiger partial charge in [-0.1, -0.05) is 18.2 Å². The average molecular weight is 301 g/mol. The van der Waals surface area contributed by atoms with Gasteiger partial charge in [-0.25, -0.2) is 4.98 Å². The van der Waals surface area contributed by atoms with E-state index in [4.69, 9.17) is 0 Å². The fraction of sp³-hybridized carbons (Fsp3) is 0.375. The molecule has 0 bridgehead atoms. The van der Waals surface area contributed by atoms with E-state index in [0.717, 1.165) is 23.5 Å². The molecule has 0 saturated carbocycles. The minimum absolute atomic E-state index is 0.0417. The van der Waals surface area contributed by atoms with Gasteiger partial charge in [-0.3, -0.25) is 10.1 Å². The summed E-state index contributed by atoms with van der Waals surface area (Å²) in [5.41, 5.74) is 2.14. The number of benzene rings is 1. The number of hydrogen-bond acceptors (Lipinski definition) is 4. The van der Waals surface area contributed by atoms with E-state index in [1.807, 2.05) is 31.3 Å². The molecule has 5 heteroatoms. The molecule has 1 aromatic heterocycles. The van der Waals surface area contributed by atoms with Crippen molar-refractivity contribution >= 4 is 22.9 Å². The molecule has 1 aliphatic rings. The van der Waals surface area contributed by atoms with Crippen molar-refractivity contribution in [1.29, 1.82) is 0 Å². The quantitative estimate of drug-likeness (QED) is 0.916. The van der Waals surface area contributed by atoms with Gasteiger partial charge in [-0.2, -0.15) is 0 Å². The number of amides is 1. The summed E-state index contributed by atoms with van der Waals surface area (Å²) in [6, 6.07) is 7.90. The molecule has 0 saturated heterocycles. The number of nitrogens with one attached hydrogen (secondary N) is 2. The van der Waals surface area contributed by atoms with Crippen LogP contribution < -0.4 is 10.6 Å². The predicted octanol–water partition coefficient (Wildman–Crippen LogP) is 3.06. The summed E-state index contributed by atoms with van der Waals surface area (Å²) in [7, 11) is 0. The van der Waals surface area contributed by atoms with E-state index < -0.39 is 0 Å². The van der Waals surface area contributed by atoms with Gasteiger partial charge in [0.15, 0.2) is 0 Å². The van der Waals surface area contributed by atoms with Crippen LogP contribution in [0.4, 0.5) is 5.69 Å². The lowest BCUT2D eigenvalue weighted by Gasteiger charge is -2.19. The van der Waals surface area contributed by atoms with E-state index in [9.17, 15) is 4.79 Å². The van der Waals surface area contributed by atoms with Crippen LogP contribution in [-0.4, -0.2) is 16.9 Å². The van der Waals surface area contributed by atoms with Gasteiger partial charge >= 0.3 is 0 Å². The first-order chi connectivity index (χ1) is 10.1. The van der Waals surface area contributed by atoms with Crippen LogP contribution in [0.3, 0.4) is 0 Å². The van der Waals surface area contributed by atoms with Gasteiger partial charge in [-0.15, -0.1) is 11.3 Å². The van der Waals surface area contributed by atoms with Crippen LogP contribution in [-0.2, 0) is 11.2 Å². The number of para-hydroxylation sites is 1. The fourth-order valence-corrected chi connectivity index (χ4v) is 3.40. The number of nitrogens with zero attached hydrogens (tertiary/aromatic N) is 1. The number of thiazole rings is 1. The molecule has 2 aromatic rings. The number of aryl methyl sites for hydroxylation is 2. The van der Waals surface area contributed by atoms with Crippen LogP contribution in [0.2, 0.25) is 0 Å². The zero-order chi connectivity index (χ0) is 14.8. The van der Waals surface area contributed by atoms with Crippen molar-refractivity contribution in [3.05, 3.63) is 45.9 Å². The lowest BCUT2D eigenvalue weighted by atomic mass is 10.1. The maximum absolute atomic E-state index is 12.4. The Morgan fingerprint density at radius 3 is 3.00 bits per heavy atom. The van der Waals surface area contributed by atoms with Crippen molar-refractivity contribution in [2.75, 3.05) is 5.32 Å². The minimum Gasteiger partial charge on any atom is -0.324 e. The lowest BCUT2D eigenvalue weighted by molar-refractivity contribution is -0.118. The number of anilines is 1. The third-order valence-electron chi connectivity index (χ3n) is 3.75. The van der Waals surface area contributed by atoms with Crippen LogP contribution in [0.15, 0.2) is 30.5 Å². The van der Waals surface area contributed by atoms with Gasteiger partial charge in [0.05, 0.1) is 12.1 Å². The van der Waals surface area contributed by atoms with E-state index in [1.54, 1.807) is 11.3 Å². The maximum Gasteiger partial charge on any atom is 0.241 e. The monoisotopic (exact) mass is 301 g/mol. The SMILES string of the molecule is Cc1cnc(C(C)NC2CCc3ccccc3NC2=O)s1. The second-order valence-corrected chi connectivity index (χ2v) is 6.70. The van der Waals surface area contributed by atoms with E-state index >= 15 is 0 Å². The second-order valence-electron chi connectivity index (χ2n) is 5.44. The van der Waals surface area contributed by atoms with Gasteiger partial charge in [0.1, 0.15) is 5.01 Å². The minimum atomic E-state index is -0.184. The number of rotatable bonds is 3. The summed E-state index contributed by atoms with van der Waals surface area (Å²) >= 11 is 1.67. The number of hydrogen-bond donors (Lipinski definition) is 2. The van der Waals surface area contributed by atoms with Gasteiger partial charge in [0, 0.05) is 16.8 Å². The Morgan fingerprint density at radius 1 is 1.43 bits per heavy atom. The summed E-state index contributed by atoms with van der Waals surface area (Å²) in [6.45, 7) is 4.10. The molecule has 0 spiro atoms. The van der Waals surface area contributed by atoms with Crippen LogP contribution in [0.1, 0.15) is 34.8 Å². The maximum atomic E-state index is 12.4. The Kier molecular flexibility index (Phi) is 4.03. The highest BCUT2D eigenvalue weighted by atomic mass is 32.1. The zero-order valence-electron chi connectivity index (χ0n) is 12.2. The summed E-state index contributed by atoms with van der Waals surface area (Å²) < 4.78 is 0. The number of carbonyl (C=O) groups excluding carboxylic acids is 1. The highest BCUT2D eigenvalue weighted by molar-refractivity contribution is 7.11. The highest BCUT2D eigenvalue weighted by Crippen LogP contribution is 2.24. The third kappa shape index (κ3) is 3.14. The van der Waals surface area contributed by atoms with E-state index in [-0.39, 0.29) is 18.0 Å². The molecule has 3 rings (SSSR count). The first-order valence-electron chi connectivity index (χ1n) is 7.20. The van der Waals surface area contributed by atoms with Crippen LogP contribution in [0.25, 0.3) is 0 Å². The molecular formula is C16H19N3OS. The highest BCUT2D eigenvalue weighted by Gasteiger charge is 2.25. The van der Waals surface area contributed by atoms with Gasteiger partial charge in [0.25, 0.3) is 0 Å². The van der Waals surface area contributed by atoms with Crippen LogP contribution in [0.5, 0.6) is 0 Å². The Hall–Kier alpha value is -1.72. The lowest BCUT2D eigenvalue weighted by Crippen LogP contribution is -2.41. The summed E-state index contributed by atoms with van der Waals surface area (Å²) in [5.74, 6) is 0.0417. The molecule has 4 nitrogen and oxygen atoms in total. The van der Waals surface area contributed by atoms with E-state index in [1.165, 1.54) is 10.4 Å². The number of carbonyl (C=O) groups is 1. The third-order valence-corrected chi connectivity index (χ3v) is 4.85. The second kappa shape index (κ2) is 5.95. The Bertz CT molecular complexity index is 652.